The molecule has 0 radical (unpaired) electrons. The molecule has 0 fully saturated rings. The number of aromatic nitrogens is 2. The number of nitrogens with two attached hydrogens (primary N) is 1. The molecule has 0 saturated carbocycles. The lowest BCUT2D eigenvalue weighted by molar-refractivity contribution is -0.141. The summed E-state index contributed by atoms with van der Waals surface area (Å²) < 4.78 is 38.3. The molecule has 5 nitrogen and oxygen atoms in total. The number of nitrogens with zero attached hydrogens (tertiary/aromatic N) is 2. The van der Waals surface area contributed by atoms with E-state index in [1.807, 2.05) is 6.26 Å². The van der Waals surface area contributed by atoms with Crippen molar-refractivity contribution in [3.05, 3.63) is 11.8 Å². The number of halogens is 3. The van der Waals surface area contributed by atoms with E-state index in [9.17, 15) is 13.2 Å². The molecule has 0 saturated heterocycles. The molecular formula is C12H20F3N5S. The Balaban J connectivity index is 2.98. The van der Waals surface area contributed by atoms with Crippen molar-refractivity contribution in [3.63, 3.8) is 0 Å². The van der Waals surface area contributed by atoms with Crippen LogP contribution in [0.2, 0.25) is 0 Å². The molecule has 0 atom stereocenters. The number of alkyl halides is 3. The van der Waals surface area contributed by atoms with Crippen molar-refractivity contribution in [2.24, 2.45) is 5.84 Å². The Morgan fingerprint density at radius 1 is 1.24 bits per heavy atom. The number of nitrogens with one attached hydrogen (secondary N) is 2. The number of thioether (sulfide) groups is 1. The van der Waals surface area contributed by atoms with Gasteiger partial charge in [-0.05, 0) is 19.1 Å². The highest BCUT2D eigenvalue weighted by Crippen LogP contribution is 2.32. The maximum atomic E-state index is 12.8. The largest absolute Gasteiger partial charge is 0.433 e. The van der Waals surface area contributed by atoms with Crippen LogP contribution in [-0.4, -0.2) is 27.5 Å². The highest BCUT2D eigenvalue weighted by Gasteiger charge is 2.34. The minimum absolute atomic E-state index is 0.0420. The second-order valence-corrected chi connectivity index (χ2v) is 5.83. The van der Waals surface area contributed by atoms with E-state index >= 15 is 0 Å². The summed E-state index contributed by atoms with van der Waals surface area (Å²) >= 11 is 1.69. The first-order valence-corrected chi connectivity index (χ1v) is 7.74. The van der Waals surface area contributed by atoms with Gasteiger partial charge in [-0.15, -0.1) is 0 Å². The summed E-state index contributed by atoms with van der Waals surface area (Å²) in [6.07, 6.45) is -0.756. The highest BCUT2D eigenvalue weighted by molar-refractivity contribution is 8.00. The third kappa shape index (κ3) is 4.63. The average molecular weight is 323 g/mol. The molecular weight excluding hydrogens is 303 g/mol. The summed E-state index contributed by atoms with van der Waals surface area (Å²) in [4.78, 5) is 7.21. The fraction of sp³-hybridized carbons (Fsp3) is 0.667. The van der Waals surface area contributed by atoms with Gasteiger partial charge in [-0.3, -0.25) is 5.43 Å². The summed E-state index contributed by atoms with van der Waals surface area (Å²) in [6, 6.07) is 0.886. The number of hydrogen-bond donors (Lipinski definition) is 3. The van der Waals surface area contributed by atoms with Crippen molar-refractivity contribution in [3.8, 4) is 0 Å². The van der Waals surface area contributed by atoms with Crippen LogP contribution in [0.25, 0.3) is 0 Å². The lowest BCUT2D eigenvalue weighted by atomic mass is 10.0. The Kier molecular flexibility index (Phi) is 6.09. The van der Waals surface area contributed by atoms with Crippen LogP contribution in [0.4, 0.5) is 24.9 Å². The van der Waals surface area contributed by atoms with Gasteiger partial charge in [-0.25, -0.2) is 10.8 Å². The molecule has 4 N–H and O–H groups in total. The molecule has 1 heterocycles. The van der Waals surface area contributed by atoms with Gasteiger partial charge >= 0.3 is 6.18 Å². The van der Waals surface area contributed by atoms with Crippen LogP contribution in [0.5, 0.6) is 0 Å². The number of nitrogen functional groups attached to an aromatic ring is 1. The fourth-order valence-electron chi connectivity index (χ4n) is 1.86. The topological polar surface area (TPSA) is 75.9 Å². The first-order chi connectivity index (χ1) is 9.80. The smallest absolute Gasteiger partial charge is 0.368 e. The maximum Gasteiger partial charge on any atom is 0.433 e. The molecule has 0 bridgehead atoms. The van der Waals surface area contributed by atoms with Gasteiger partial charge in [0, 0.05) is 17.4 Å². The molecule has 9 heteroatoms. The molecule has 120 valence electrons. The second-order valence-electron chi connectivity index (χ2n) is 4.55. The molecule has 0 unspecified atom stereocenters. The van der Waals surface area contributed by atoms with Crippen LogP contribution in [0.1, 0.15) is 32.4 Å². The molecule has 0 aliphatic heterocycles. The molecule has 0 amide bonds. The predicted octanol–water partition coefficient (Wildman–Crippen LogP) is 3.11. The van der Waals surface area contributed by atoms with Crippen molar-refractivity contribution < 1.29 is 13.2 Å². The van der Waals surface area contributed by atoms with Crippen LogP contribution in [0.3, 0.4) is 0 Å². The minimum Gasteiger partial charge on any atom is -0.368 e. The van der Waals surface area contributed by atoms with Crippen molar-refractivity contribution in [2.45, 2.75) is 37.6 Å². The lowest BCUT2D eigenvalue weighted by Gasteiger charge is -2.30. The Morgan fingerprint density at radius 2 is 1.86 bits per heavy atom. The molecule has 1 aromatic rings. The third-order valence-electron chi connectivity index (χ3n) is 3.46. The number of hydrazine groups is 1. The van der Waals surface area contributed by atoms with Crippen molar-refractivity contribution >= 4 is 23.5 Å². The van der Waals surface area contributed by atoms with Gasteiger partial charge in [-0.2, -0.15) is 29.9 Å². The molecule has 1 rings (SSSR count). The van der Waals surface area contributed by atoms with Crippen molar-refractivity contribution in [2.75, 3.05) is 23.5 Å². The summed E-state index contributed by atoms with van der Waals surface area (Å²) in [5, 5.41) is 2.96. The van der Waals surface area contributed by atoms with Gasteiger partial charge < -0.3 is 5.32 Å². The fourth-order valence-corrected chi connectivity index (χ4v) is 2.65. The molecule has 0 aromatic carbocycles. The van der Waals surface area contributed by atoms with E-state index in [-0.39, 0.29) is 16.5 Å². The van der Waals surface area contributed by atoms with Crippen LogP contribution in [0, 0.1) is 0 Å². The summed E-state index contributed by atoms with van der Waals surface area (Å²) in [6.45, 7) is 4.62. The van der Waals surface area contributed by atoms with E-state index in [0.29, 0.717) is 6.54 Å². The van der Waals surface area contributed by atoms with Gasteiger partial charge in [-0.1, -0.05) is 13.8 Å². The van der Waals surface area contributed by atoms with Crippen LogP contribution >= 0.6 is 11.8 Å². The van der Waals surface area contributed by atoms with Crippen LogP contribution in [0.15, 0.2) is 6.07 Å². The van der Waals surface area contributed by atoms with E-state index in [4.69, 9.17) is 5.84 Å². The van der Waals surface area contributed by atoms with Gasteiger partial charge in [0.25, 0.3) is 0 Å². The Hall–Kier alpha value is -1.22. The standard InChI is InChI=1S/C12H20F3N5S/c1-4-11(5-2,21-3)7-17-9-6-8(12(13,14)15)18-10(19-9)20-16/h6H,4-5,7,16H2,1-3H3,(H2,17,18,19,20). The zero-order valence-electron chi connectivity index (χ0n) is 12.2. The molecule has 0 aliphatic rings. The van der Waals surface area contributed by atoms with E-state index in [1.54, 1.807) is 11.8 Å². The Bertz CT molecular complexity index is 454. The predicted molar refractivity (Wildman–Crippen MR) is 80.2 cm³/mol. The first kappa shape index (κ1) is 17.8. The van der Waals surface area contributed by atoms with Crippen LogP contribution in [-0.2, 0) is 6.18 Å². The normalized spacial score (nSPS) is 12.3. The van der Waals surface area contributed by atoms with Gasteiger partial charge in [0.05, 0.1) is 0 Å². The van der Waals surface area contributed by atoms with Crippen LogP contribution < -0.4 is 16.6 Å². The van der Waals surface area contributed by atoms with E-state index in [1.165, 1.54) is 0 Å². The average Bonchev–Trinajstić information content (AvgIpc) is 2.48. The molecule has 1 aromatic heterocycles. The molecule has 0 aliphatic carbocycles. The maximum absolute atomic E-state index is 12.8. The van der Waals surface area contributed by atoms with Gasteiger partial charge in [0.2, 0.25) is 5.95 Å². The Morgan fingerprint density at radius 3 is 2.29 bits per heavy atom. The minimum atomic E-state index is -4.54. The van der Waals surface area contributed by atoms with Crippen molar-refractivity contribution in [1.82, 2.24) is 9.97 Å². The number of anilines is 2. The highest BCUT2D eigenvalue weighted by atomic mass is 32.2. The second kappa shape index (κ2) is 7.17. The summed E-state index contributed by atoms with van der Waals surface area (Å²) in [5.41, 5.74) is 1.02. The SMILES string of the molecule is CCC(CC)(CNc1cc(C(F)(F)F)nc(NN)n1)SC. The third-order valence-corrected chi connectivity index (χ3v) is 5.05. The quantitative estimate of drug-likeness (QED) is 0.529. The summed E-state index contributed by atoms with van der Waals surface area (Å²) in [7, 11) is 0. The van der Waals surface area contributed by atoms with E-state index < -0.39 is 11.9 Å². The Labute approximate surface area is 126 Å². The zero-order chi connectivity index (χ0) is 16.1. The van der Waals surface area contributed by atoms with E-state index in [2.05, 4.69) is 34.6 Å². The van der Waals surface area contributed by atoms with E-state index in [0.717, 1.165) is 18.9 Å². The number of hydrogen-bond acceptors (Lipinski definition) is 6. The molecule has 0 spiro atoms. The zero-order valence-corrected chi connectivity index (χ0v) is 13.0. The van der Waals surface area contributed by atoms with Gasteiger partial charge in [0.15, 0.2) is 5.69 Å². The molecule has 21 heavy (non-hydrogen) atoms. The lowest BCUT2D eigenvalue weighted by Crippen LogP contribution is -2.32. The van der Waals surface area contributed by atoms with Gasteiger partial charge in [0.1, 0.15) is 5.82 Å². The summed E-state index contributed by atoms with van der Waals surface area (Å²) in [5.74, 6) is 4.95. The monoisotopic (exact) mass is 323 g/mol. The number of rotatable bonds is 7. The first-order valence-electron chi connectivity index (χ1n) is 6.52. The van der Waals surface area contributed by atoms with Crippen molar-refractivity contribution in [1.29, 1.82) is 0 Å².